The van der Waals surface area contributed by atoms with E-state index in [-0.39, 0.29) is 34.4 Å². The molecule has 0 saturated carbocycles. The molecule has 20 heavy (non-hydrogen) atoms. The van der Waals surface area contributed by atoms with Crippen molar-refractivity contribution in [1.82, 2.24) is 0 Å². The van der Waals surface area contributed by atoms with Crippen molar-refractivity contribution in [3.05, 3.63) is 46.5 Å². The van der Waals surface area contributed by atoms with Gasteiger partial charge >= 0.3 is 5.69 Å². The summed E-state index contributed by atoms with van der Waals surface area (Å²) in [6, 6.07) is 7.53. The number of phenols is 2. The highest BCUT2D eigenvalue weighted by molar-refractivity contribution is 5.54. The molecule has 104 valence electrons. The summed E-state index contributed by atoms with van der Waals surface area (Å²) in [5.74, 6) is 0.0728. The Morgan fingerprint density at radius 2 is 1.60 bits per heavy atom. The number of benzene rings is 2. The predicted octanol–water partition coefficient (Wildman–Crippen LogP) is 2.81. The SMILES string of the molecule is COc1cc(O)ccc1Oc1cc(O)ccc1[N+](=O)[O-]. The van der Waals surface area contributed by atoms with Gasteiger partial charge in [0, 0.05) is 18.2 Å². The average molecular weight is 277 g/mol. The molecule has 0 spiro atoms. The molecule has 2 rings (SSSR count). The lowest BCUT2D eigenvalue weighted by molar-refractivity contribution is -0.385. The molecule has 7 nitrogen and oxygen atoms in total. The molecule has 0 amide bonds. The van der Waals surface area contributed by atoms with E-state index in [1.54, 1.807) is 0 Å². The van der Waals surface area contributed by atoms with Crippen LogP contribution in [0.2, 0.25) is 0 Å². The topological polar surface area (TPSA) is 102 Å². The Labute approximate surface area is 113 Å². The van der Waals surface area contributed by atoms with Crippen LogP contribution in [0.15, 0.2) is 36.4 Å². The molecule has 0 aliphatic rings. The number of rotatable bonds is 4. The van der Waals surface area contributed by atoms with E-state index in [9.17, 15) is 20.3 Å². The molecule has 2 aromatic carbocycles. The van der Waals surface area contributed by atoms with Gasteiger partial charge in [-0.15, -0.1) is 0 Å². The molecule has 2 N–H and O–H groups in total. The molecule has 0 aromatic heterocycles. The van der Waals surface area contributed by atoms with Crippen LogP contribution in [-0.2, 0) is 0 Å². The first-order chi connectivity index (χ1) is 9.51. The van der Waals surface area contributed by atoms with Crippen LogP contribution in [0, 0.1) is 10.1 Å². The Balaban J connectivity index is 2.44. The van der Waals surface area contributed by atoms with Gasteiger partial charge in [0.15, 0.2) is 11.5 Å². The number of nitro benzene ring substituents is 1. The summed E-state index contributed by atoms with van der Waals surface area (Å²) in [6.45, 7) is 0. The average Bonchev–Trinajstić information content (AvgIpc) is 2.40. The lowest BCUT2D eigenvalue weighted by Gasteiger charge is -2.10. The summed E-state index contributed by atoms with van der Waals surface area (Å²) in [7, 11) is 1.37. The number of hydrogen-bond donors (Lipinski definition) is 2. The van der Waals surface area contributed by atoms with E-state index in [2.05, 4.69) is 0 Å². The Bertz CT molecular complexity index is 655. The summed E-state index contributed by atoms with van der Waals surface area (Å²) in [4.78, 5) is 10.3. The van der Waals surface area contributed by atoms with Crippen LogP contribution in [0.5, 0.6) is 28.7 Å². The molecule has 0 aliphatic carbocycles. The first kappa shape index (κ1) is 13.5. The number of nitro groups is 1. The van der Waals surface area contributed by atoms with E-state index in [0.717, 1.165) is 12.1 Å². The monoisotopic (exact) mass is 277 g/mol. The van der Waals surface area contributed by atoms with Crippen LogP contribution in [0.25, 0.3) is 0 Å². The van der Waals surface area contributed by atoms with E-state index in [1.807, 2.05) is 0 Å². The minimum atomic E-state index is -0.623. The van der Waals surface area contributed by atoms with E-state index >= 15 is 0 Å². The molecule has 0 radical (unpaired) electrons. The Hall–Kier alpha value is -2.96. The van der Waals surface area contributed by atoms with Crippen molar-refractivity contribution >= 4 is 5.69 Å². The van der Waals surface area contributed by atoms with E-state index < -0.39 is 4.92 Å². The zero-order valence-electron chi connectivity index (χ0n) is 10.4. The van der Waals surface area contributed by atoms with Gasteiger partial charge in [-0.05, 0) is 18.2 Å². The maximum Gasteiger partial charge on any atom is 0.311 e. The van der Waals surface area contributed by atoms with Gasteiger partial charge in [-0.25, -0.2) is 0 Å². The van der Waals surface area contributed by atoms with Crippen LogP contribution < -0.4 is 9.47 Å². The van der Waals surface area contributed by atoms with Gasteiger partial charge in [0.05, 0.1) is 12.0 Å². The van der Waals surface area contributed by atoms with Gasteiger partial charge in [-0.3, -0.25) is 10.1 Å². The number of hydrogen-bond acceptors (Lipinski definition) is 6. The molecule has 7 heteroatoms. The lowest BCUT2D eigenvalue weighted by atomic mass is 10.2. The normalized spacial score (nSPS) is 10.1. The van der Waals surface area contributed by atoms with Crippen LogP contribution in [0.3, 0.4) is 0 Å². The van der Waals surface area contributed by atoms with Crippen molar-refractivity contribution in [2.24, 2.45) is 0 Å². The standard InChI is InChI=1S/C13H11NO6/c1-19-13-7-9(16)3-5-11(13)20-12-6-8(15)2-4-10(12)14(17)18/h2-7,15-16H,1H3. The molecule has 0 unspecified atom stereocenters. The fourth-order valence-electron chi connectivity index (χ4n) is 1.59. The Morgan fingerprint density at radius 3 is 2.20 bits per heavy atom. The Kier molecular flexibility index (Phi) is 3.60. The molecule has 0 bridgehead atoms. The second kappa shape index (κ2) is 5.35. The molecular weight excluding hydrogens is 266 g/mol. The number of methoxy groups -OCH3 is 1. The highest BCUT2D eigenvalue weighted by atomic mass is 16.6. The van der Waals surface area contributed by atoms with Crippen LogP contribution >= 0.6 is 0 Å². The smallest absolute Gasteiger partial charge is 0.311 e. The summed E-state index contributed by atoms with van der Waals surface area (Å²) >= 11 is 0. The molecule has 0 fully saturated rings. The third-order valence-electron chi connectivity index (χ3n) is 2.51. The largest absolute Gasteiger partial charge is 0.508 e. The minimum absolute atomic E-state index is 0.0281. The van der Waals surface area contributed by atoms with Crippen LogP contribution in [-0.4, -0.2) is 22.2 Å². The lowest BCUT2D eigenvalue weighted by Crippen LogP contribution is -1.95. The second-order valence-corrected chi connectivity index (χ2v) is 3.85. The van der Waals surface area contributed by atoms with Gasteiger partial charge in [-0.2, -0.15) is 0 Å². The fourth-order valence-corrected chi connectivity index (χ4v) is 1.59. The Morgan fingerprint density at radius 1 is 1.00 bits per heavy atom. The minimum Gasteiger partial charge on any atom is -0.508 e. The predicted molar refractivity (Wildman–Crippen MR) is 69.5 cm³/mol. The van der Waals surface area contributed by atoms with E-state index in [4.69, 9.17) is 9.47 Å². The maximum absolute atomic E-state index is 10.9. The number of aromatic hydroxyl groups is 2. The molecule has 0 saturated heterocycles. The van der Waals surface area contributed by atoms with Crippen molar-refractivity contribution in [3.8, 4) is 28.7 Å². The van der Waals surface area contributed by atoms with Gasteiger partial charge in [0.25, 0.3) is 0 Å². The summed E-state index contributed by atoms with van der Waals surface area (Å²) < 4.78 is 10.4. The third kappa shape index (κ3) is 2.72. The number of ether oxygens (including phenoxy) is 2. The molecule has 0 atom stereocenters. The molecule has 0 aliphatic heterocycles. The van der Waals surface area contributed by atoms with Gasteiger partial charge in [0.2, 0.25) is 5.75 Å². The zero-order chi connectivity index (χ0) is 14.7. The van der Waals surface area contributed by atoms with E-state index in [1.165, 1.54) is 31.4 Å². The molecule has 0 heterocycles. The van der Waals surface area contributed by atoms with Crippen molar-refractivity contribution < 1.29 is 24.6 Å². The first-order valence-electron chi connectivity index (χ1n) is 5.53. The molecule has 2 aromatic rings. The summed E-state index contributed by atoms with van der Waals surface area (Å²) in [6.07, 6.45) is 0. The number of phenolic OH excluding ortho intramolecular Hbond substituents is 2. The van der Waals surface area contributed by atoms with E-state index in [0.29, 0.717) is 0 Å². The van der Waals surface area contributed by atoms with Crippen molar-refractivity contribution in [2.45, 2.75) is 0 Å². The first-order valence-corrected chi connectivity index (χ1v) is 5.53. The highest BCUT2D eigenvalue weighted by Crippen LogP contribution is 2.39. The van der Waals surface area contributed by atoms with Crippen LogP contribution in [0.1, 0.15) is 0 Å². The van der Waals surface area contributed by atoms with Crippen molar-refractivity contribution in [1.29, 1.82) is 0 Å². The quantitative estimate of drug-likeness (QED) is 0.658. The zero-order valence-corrected chi connectivity index (χ0v) is 10.4. The van der Waals surface area contributed by atoms with Crippen molar-refractivity contribution in [3.63, 3.8) is 0 Å². The summed E-state index contributed by atoms with van der Waals surface area (Å²) in [5, 5.41) is 29.6. The van der Waals surface area contributed by atoms with Gasteiger partial charge in [0.1, 0.15) is 11.5 Å². The second-order valence-electron chi connectivity index (χ2n) is 3.85. The number of nitrogens with zero attached hydrogens (tertiary/aromatic N) is 1. The summed E-state index contributed by atoms with van der Waals surface area (Å²) in [5.41, 5.74) is -0.294. The van der Waals surface area contributed by atoms with Gasteiger partial charge < -0.3 is 19.7 Å². The third-order valence-corrected chi connectivity index (χ3v) is 2.51. The highest BCUT2D eigenvalue weighted by Gasteiger charge is 2.18. The van der Waals surface area contributed by atoms with Crippen molar-refractivity contribution in [2.75, 3.05) is 7.11 Å². The van der Waals surface area contributed by atoms with Crippen LogP contribution in [0.4, 0.5) is 5.69 Å². The molecular formula is C13H11NO6. The van der Waals surface area contributed by atoms with Gasteiger partial charge in [-0.1, -0.05) is 0 Å². The fraction of sp³-hybridized carbons (Fsp3) is 0.0769. The maximum atomic E-state index is 10.9.